The van der Waals surface area contributed by atoms with Crippen molar-refractivity contribution in [2.24, 2.45) is 0 Å². The molecule has 71 heavy (non-hydrogen) atoms. The van der Waals surface area contributed by atoms with E-state index in [9.17, 15) is 19.8 Å². The number of amides is 1. The number of aliphatic hydroxyl groups excluding tert-OH is 2. The molecule has 0 aliphatic carbocycles. The third-order valence-corrected chi connectivity index (χ3v) is 14.7. The van der Waals surface area contributed by atoms with Gasteiger partial charge in [-0.1, -0.05) is 301 Å². The molecule has 418 valence electrons. The van der Waals surface area contributed by atoms with Crippen LogP contribution in [0.5, 0.6) is 0 Å². The Morgan fingerprint density at radius 2 is 0.704 bits per heavy atom. The molecule has 0 fully saturated rings. The third-order valence-electron chi connectivity index (χ3n) is 14.7. The minimum Gasteiger partial charge on any atom is -0.466 e. The highest BCUT2D eigenvalue weighted by molar-refractivity contribution is 5.76. The maximum absolute atomic E-state index is 12.4. The first-order chi connectivity index (χ1) is 35.0. The number of rotatable bonds is 59. The molecule has 2 atom stereocenters. The number of carbonyl (C=O) groups excluding carboxylic acids is 2. The van der Waals surface area contributed by atoms with Gasteiger partial charge in [-0.3, -0.25) is 9.59 Å². The summed E-state index contributed by atoms with van der Waals surface area (Å²) in [6.07, 6.45) is 76.5. The molecule has 2 unspecified atom stereocenters. The molecule has 0 aromatic heterocycles. The van der Waals surface area contributed by atoms with Crippen LogP contribution in [0.1, 0.15) is 341 Å². The van der Waals surface area contributed by atoms with Crippen molar-refractivity contribution in [3.8, 4) is 0 Å². The lowest BCUT2D eigenvalue weighted by Crippen LogP contribution is -2.45. The maximum Gasteiger partial charge on any atom is 0.305 e. The number of carbonyl (C=O) groups is 2. The Balaban J connectivity index is 3.36. The minimum atomic E-state index is -0.840. The predicted octanol–water partition coefficient (Wildman–Crippen LogP) is 20.0. The van der Waals surface area contributed by atoms with Crippen LogP contribution in [0.25, 0.3) is 0 Å². The topological polar surface area (TPSA) is 95.9 Å². The van der Waals surface area contributed by atoms with Crippen LogP contribution < -0.4 is 5.32 Å². The van der Waals surface area contributed by atoms with Crippen LogP contribution in [0.15, 0.2) is 36.5 Å². The Labute approximate surface area is 443 Å². The number of hydrogen-bond acceptors (Lipinski definition) is 5. The van der Waals surface area contributed by atoms with Gasteiger partial charge in [0.15, 0.2) is 0 Å². The lowest BCUT2D eigenvalue weighted by molar-refractivity contribution is -0.143. The highest BCUT2D eigenvalue weighted by atomic mass is 16.5. The first-order valence-electron chi connectivity index (χ1n) is 31.8. The van der Waals surface area contributed by atoms with E-state index in [2.05, 4.69) is 43.5 Å². The van der Waals surface area contributed by atoms with Crippen molar-refractivity contribution < 1.29 is 24.5 Å². The van der Waals surface area contributed by atoms with Crippen molar-refractivity contribution in [1.82, 2.24) is 5.32 Å². The number of ether oxygens (including phenoxy) is 1. The SMILES string of the molecule is CCCCCCCCC/C=C/C(O)C(CO)NC(=O)CCCCCCCCCCCCCCCCCCC/C=C\C/C=C\CCCCCCCCCCCOC(=O)CCCCCCCCCCCCCC. The van der Waals surface area contributed by atoms with Crippen LogP contribution in [0.3, 0.4) is 0 Å². The number of unbranched alkanes of at least 4 members (excludes halogenated alkanes) is 44. The molecule has 0 aromatic carbocycles. The Bertz CT molecular complexity index is 1150. The largest absolute Gasteiger partial charge is 0.466 e. The van der Waals surface area contributed by atoms with E-state index in [1.54, 1.807) is 6.08 Å². The van der Waals surface area contributed by atoms with Crippen LogP contribution in [-0.4, -0.2) is 47.4 Å². The second-order valence-corrected chi connectivity index (χ2v) is 21.7. The fourth-order valence-corrected chi connectivity index (χ4v) is 9.78. The molecule has 0 radical (unpaired) electrons. The molecule has 1 amide bonds. The highest BCUT2D eigenvalue weighted by Crippen LogP contribution is 2.17. The molecule has 0 aromatic rings. The van der Waals surface area contributed by atoms with Gasteiger partial charge < -0.3 is 20.3 Å². The standard InChI is InChI=1S/C65H123NO5/c1-3-5-7-9-11-13-14-39-43-47-51-55-59-65(70)71-60-56-52-48-44-40-37-35-33-31-29-27-25-23-21-19-17-15-16-18-20-22-24-26-28-30-32-34-36-38-42-46-50-54-58-64(69)66-62(61-67)63(68)57-53-49-45-41-12-10-8-6-4-2/h19,21,25,27,53,57,62-63,67-68H,3-18,20,22-24,26,28-52,54-56,58-61H2,1-2H3,(H,66,69)/b21-19-,27-25-,57-53+. The lowest BCUT2D eigenvalue weighted by Gasteiger charge is -2.20. The van der Waals surface area contributed by atoms with Crippen LogP contribution in [-0.2, 0) is 14.3 Å². The van der Waals surface area contributed by atoms with Crippen LogP contribution >= 0.6 is 0 Å². The van der Waals surface area contributed by atoms with E-state index < -0.39 is 12.1 Å². The molecule has 0 bridgehead atoms. The Hall–Kier alpha value is -1.92. The first kappa shape index (κ1) is 69.1. The summed E-state index contributed by atoms with van der Waals surface area (Å²) >= 11 is 0. The summed E-state index contributed by atoms with van der Waals surface area (Å²) in [4.78, 5) is 24.4. The number of aliphatic hydroxyl groups is 2. The van der Waals surface area contributed by atoms with E-state index >= 15 is 0 Å². The van der Waals surface area contributed by atoms with Gasteiger partial charge >= 0.3 is 5.97 Å². The average Bonchev–Trinajstić information content (AvgIpc) is 3.37. The van der Waals surface area contributed by atoms with Gasteiger partial charge in [0.1, 0.15) is 0 Å². The number of hydrogen-bond donors (Lipinski definition) is 3. The van der Waals surface area contributed by atoms with Gasteiger partial charge in [0.05, 0.1) is 25.4 Å². The summed E-state index contributed by atoms with van der Waals surface area (Å²) in [5.74, 6) is -0.0537. The third kappa shape index (κ3) is 57.2. The normalized spacial score (nSPS) is 12.8. The second kappa shape index (κ2) is 60.6. The van der Waals surface area contributed by atoms with Crippen molar-refractivity contribution in [2.75, 3.05) is 13.2 Å². The van der Waals surface area contributed by atoms with Crippen LogP contribution in [0.4, 0.5) is 0 Å². The molecule has 0 aliphatic heterocycles. The van der Waals surface area contributed by atoms with Crippen molar-refractivity contribution in [1.29, 1.82) is 0 Å². The van der Waals surface area contributed by atoms with Gasteiger partial charge in [0.25, 0.3) is 0 Å². The molecule has 0 rings (SSSR count). The molecule has 0 saturated carbocycles. The molecule has 0 spiro atoms. The molecule has 0 heterocycles. The zero-order chi connectivity index (χ0) is 51.4. The van der Waals surface area contributed by atoms with E-state index in [0.717, 1.165) is 44.9 Å². The highest BCUT2D eigenvalue weighted by Gasteiger charge is 2.18. The zero-order valence-electron chi connectivity index (χ0n) is 47.7. The van der Waals surface area contributed by atoms with Gasteiger partial charge in [0, 0.05) is 12.8 Å². The van der Waals surface area contributed by atoms with Crippen molar-refractivity contribution in [2.45, 2.75) is 353 Å². The fourth-order valence-electron chi connectivity index (χ4n) is 9.78. The first-order valence-corrected chi connectivity index (χ1v) is 31.8. The summed E-state index contributed by atoms with van der Waals surface area (Å²) < 4.78 is 5.47. The Kier molecular flexibility index (Phi) is 59.0. The summed E-state index contributed by atoms with van der Waals surface area (Å²) in [6, 6.07) is -0.624. The smallest absolute Gasteiger partial charge is 0.305 e. The second-order valence-electron chi connectivity index (χ2n) is 21.7. The summed E-state index contributed by atoms with van der Waals surface area (Å²) in [6.45, 7) is 4.88. The predicted molar refractivity (Wildman–Crippen MR) is 310 cm³/mol. The summed E-state index contributed by atoms with van der Waals surface area (Å²) in [5.41, 5.74) is 0. The van der Waals surface area contributed by atoms with Crippen molar-refractivity contribution in [3.63, 3.8) is 0 Å². The van der Waals surface area contributed by atoms with Crippen LogP contribution in [0, 0.1) is 0 Å². The molecular weight excluding hydrogens is 875 g/mol. The molecule has 0 aliphatic rings. The van der Waals surface area contributed by atoms with Gasteiger partial charge in [-0.25, -0.2) is 0 Å². The van der Waals surface area contributed by atoms with Crippen molar-refractivity contribution >= 4 is 11.9 Å². The number of allylic oxidation sites excluding steroid dienone is 5. The van der Waals surface area contributed by atoms with Gasteiger partial charge in [0.2, 0.25) is 5.91 Å². The average molecular weight is 999 g/mol. The monoisotopic (exact) mass is 998 g/mol. The van der Waals surface area contributed by atoms with Gasteiger partial charge in [-0.15, -0.1) is 0 Å². The fraction of sp³-hybridized carbons (Fsp3) is 0.877. The van der Waals surface area contributed by atoms with Gasteiger partial charge in [-0.05, 0) is 64.2 Å². The minimum absolute atomic E-state index is 0.0145. The van der Waals surface area contributed by atoms with Crippen LogP contribution in [0.2, 0.25) is 0 Å². The zero-order valence-corrected chi connectivity index (χ0v) is 47.7. The molecule has 0 saturated heterocycles. The quantitative estimate of drug-likeness (QED) is 0.0321. The van der Waals surface area contributed by atoms with E-state index in [1.165, 1.54) is 270 Å². The van der Waals surface area contributed by atoms with Gasteiger partial charge in [-0.2, -0.15) is 0 Å². The van der Waals surface area contributed by atoms with E-state index in [-0.39, 0.29) is 18.5 Å². The number of nitrogens with one attached hydrogen (secondary N) is 1. The molecule has 6 heteroatoms. The van der Waals surface area contributed by atoms with Crippen molar-refractivity contribution in [3.05, 3.63) is 36.5 Å². The van der Waals surface area contributed by atoms with E-state index in [0.29, 0.717) is 19.4 Å². The molecule has 6 nitrogen and oxygen atoms in total. The number of esters is 1. The maximum atomic E-state index is 12.4. The Morgan fingerprint density at radius 3 is 1.07 bits per heavy atom. The van der Waals surface area contributed by atoms with E-state index in [4.69, 9.17) is 4.74 Å². The molecule has 3 N–H and O–H groups in total. The summed E-state index contributed by atoms with van der Waals surface area (Å²) in [5, 5.41) is 22.9. The lowest BCUT2D eigenvalue weighted by atomic mass is 10.0. The molecular formula is C65H123NO5. The van der Waals surface area contributed by atoms with E-state index in [1.807, 2.05) is 6.08 Å². The Morgan fingerprint density at radius 1 is 0.394 bits per heavy atom. The summed E-state index contributed by atoms with van der Waals surface area (Å²) in [7, 11) is 0.